The van der Waals surface area contributed by atoms with Crippen molar-refractivity contribution >= 4 is 0 Å². The molecule has 0 aromatic carbocycles. The van der Waals surface area contributed by atoms with Crippen molar-refractivity contribution in [2.24, 2.45) is 5.92 Å². The Balaban J connectivity index is 0. The Morgan fingerprint density at radius 1 is 1.17 bits per heavy atom. The van der Waals surface area contributed by atoms with Crippen LogP contribution in [0.4, 0.5) is 0 Å². The van der Waals surface area contributed by atoms with Crippen LogP contribution in [0, 0.1) is 5.92 Å². The van der Waals surface area contributed by atoms with E-state index in [1.165, 1.54) is 19.3 Å². The third-order valence-electron chi connectivity index (χ3n) is 1.66. The molecular weight excluding hydrogens is 148 g/mol. The second-order valence-electron chi connectivity index (χ2n) is 2.91. The molecule has 0 N–H and O–H groups in total. The van der Waals surface area contributed by atoms with E-state index in [1.807, 2.05) is 20.8 Å². The van der Waals surface area contributed by atoms with Crippen molar-refractivity contribution in [1.82, 2.24) is 0 Å². The van der Waals surface area contributed by atoms with Gasteiger partial charge in [-0.3, -0.25) is 0 Å². The van der Waals surface area contributed by atoms with Gasteiger partial charge in [0.05, 0.1) is 0 Å². The van der Waals surface area contributed by atoms with Gasteiger partial charge in [-0.05, 0) is 19.3 Å². The molecule has 0 saturated carbocycles. The molecule has 0 aliphatic rings. The fourth-order valence-corrected chi connectivity index (χ4v) is 0.955. The summed E-state index contributed by atoms with van der Waals surface area (Å²) in [5, 5.41) is 0. The molecule has 0 aliphatic heterocycles. The van der Waals surface area contributed by atoms with E-state index in [4.69, 9.17) is 4.74 Å². The van der Waals surface area contributed by atoms with E-state index in [1.54, 1.807) is 0 Å². The molecule has 76 valence electrons. The normalized spacial score (nSPS) is 11.8. The van der Waals surface area contributed by atoms with Gasteiger partial charge in [0.25, 0.3) is 0 Å². The van der Waals surface area contributed by atoms with Crippen molar-refractivity contribution in [1.29, 1.82) is 0 Å². The Kier molecular flexibility index (Phi) is 16.3. The summed E-state index contributed by atoms with van der Waals surface area (Å²) in [5.41, 5.74) is 0. The maximum absolute atomic E-state index is 5.29. The van der Waals surface area contributed by atoms with Crippen molar-refractivity contribution in [3.63, 3.8) is 0 Å². The molecule has 0 fully saturated rings. The van der Waals surface area contributed by atoms with Gasteiger partial charge in [0.1, 0.15) is 0 Å². The Morgan fingerprint density at radius 2 is 1.75 bits per heavy atom. The average Bonchev–Trinajstić information content (AvgIpc) is 2.14. The van der Waals surface area contributed by atoms with E-state index in [-0.39, 0.29) is 0 Å². The van der Waals surface area contributed by atoms with E-state index in [0.29, 0.717) is 0 Å². The first kappa shape index (κ1) is 14.5. The van der Waals surface area contributed by atoms with Crippen LogP contribution in [0.2, 0.25) is 0 Å². The predicted octanol–water partition coefficient (Wildman–Crippen LogP) is 3.88. The molecule has 0 aromatic rings. The van der Waals surface area contributed by atoms with Crippen LogP contribution < -0.4 is 0 Å². The highest BCUT2D eigenvalue weighted by atomic mass is 16.5. The van der Waals surface area contributed by atoms with Gasteiger partial charge in [0.2, 0.25) is 0 Å². The van der Waals surface area contributed by atoms with Crippen molar-refractivity contribution in [3.8, 4) is 0 Å². The van der Waals surface area contributed by atoms with Crippen LogP contribution in [0.5, 0.6) is 0 Å². The number of hydrogen-bond donors (Lipinski definition) is 0. The van der Waals surface area contributed by atoms with Crippen LogP contribution >= 0.6 is 0 Å². The fraction of sp³-hybridized carbons (Fsp3) is 1.00. The molecule has 1 atom stereocenters. The summed E-state index contributed by atoms with van der Waals surface area (Å²) >= 11 is 0. The Morgan fingerprint density at radius 3 is 2.17 bits per heavy atom. The zero-order valence-electron chi connectivity index (χ0n) is 9.52. The molecule has 0 rings (SSSR count). The summed E-state index contributed by atoms with van der Waals surface area (Å²) in [6, 6.07) is 0. The van der Waals surface area contributed by atoms with Crippen LogP contribution in [0.15, 0.2) is 0 Å². The van der Waals surface area contributed by atoms with Crippen molar-refractivity contribution in [3.05, 3.63) is 0 Å². The Bertz CT molecular complexity index is 54.0. The van der Waals surface area contributed by atoms with Crippen LogP contribution in [-0.4, -0.2) is 13.2 Å². The number of unbranched alkanes of at least 4 members (excludes halogenated alkanes) is 1. The molecule has 0 heterocycles. The molecule has 1 nitrogen and oxygen atoms in total. The smallest absolute Gasteiger partial charge is 0.0491 e. The summed E-state index contributed by atoms with van der Waals surface area (Å²) in [6.07, 6.45) is 3.96. The molecule has 12 heavy (non-hydrogen) atoms. The highest BCUT2D eigenvalue weighted by Crippen LogP contribution is 2.07. The second-order valence-corrected chi connectivity index (χ2v) is 2.91. The summed E-state index contributed by atoms with van der Waals surface area (Å²) < 4.78 is 5.29. The minimum atomic E-state index is 0.750. The van der Waals surface area contributed by atoms with Gasteiger partial charge >= 0.3 is 0 Å². The molecule has 0 amide bonds. The zero-order chi connectivity index (χ0) is 9.82. The standard InChI is InChI=1S/C9H20O.C2H6/c1-4-6-7-9(3)8-10-5-2;1-2/h9H,4-8H2,1-3H3;1-2H3/t9-;/m0./s1. The Hall–Kier alpha value is -0.0400. The van der Waals surface area contributed by atoms with Crippen LogP contribution in [-0.2, 0) is 4.74 Å². The van der Waals surface area contributed by atoms with Gasteiger partial charge in [-0.25, -0.2) is 0 Å². The molecule has 0 spiro atoms. The van der Waals surface area contributed by atoms with E-state index >= 15 is 0 Å². The minimum Gasteiger partial charge on any atom is -0.381 e. The zero-order valence-corrected chi connectivity index (χ0v) is 9.52. The van der Waals surface area contributed by atoms with Crippen molar-refractivity contribution in [2.45, 2.75) is 53.9 Å². The summed E-state index contributed by atoms with van der Waals surface area (Å²) in [6.45, 7) is 12.3. The fourth-order valence-electron chi connectivity index (χ4n) is 0.955. The maximum Gasteiger partial charge on any atom is 0.0491 e. The van der Waals surface area contributed by atoms with E-state index in [2.05, 4.69) is 13.8 Å². The highest BCUT2D eigenvalue weighted by Gasteiger charge is 1.99. The first-order valence-electron chi connectivity index (χ1n) is 5.39. The SMILES string of the molecule is CC.CCCC[C@H](C)COCC. The lowest BCUT2D eigenvalue weighted by molar-refractivity contribution is 0.112. The average molecular weight is 174 g/mol. The maximum atomic E-state index is 5.29. The van der Waals surface area contributed by atoms with Crippen LogP contribution in [0.25, 0.3) is 0 Å². The Labute approximate surface area is 78.5 Å². The van der Waals surface area contributed by atoms with Gasteiger partial charge < -0.3 is 4.74 Å². The van der Waals surface area contributed by atoms with Gasteiger partial charge in [-0.1, -0.05) is 40.5 Å². The first-order valence-corrected chi connectivity index (χ1v) is 5.39. The molecule has 0 saturated heterocycles. The topological polar surface area (TPSA) is 9.23 Å². The lowest BCUT2D eigenvalue weighted by atomic mass is 10.1. The number of rotatable bonds is 6. The quantitative estimate of drug-likeness (QED) is 0.594. The largest absolute Gasteiger partial charge is 0.381 e. The molecule has 0 unspecified atom stereocenters. The van der Waals surface area contributed by atoms with E-state index < -0.39 is 0 Å². The third-order valence-corrected chi connectivity index (χ3v) is 1.66. The monoisotopic (exact) mass is 174 g/mol. The number of hydrogen-bond acceptors (Lipinski definition) is 1. The van der Waals surface area contributed by atoms with E-state index in [0.717, 1.165) is 19.1 Å². The van der Waals surface area contributed by atoms with E-state index in [9.17, 15) is 0 Å². The molecule has 0 aromatic heterocycles. The van der Waals surface area contributed by atoms with Gasteiger partial charge in [-0.2, -0.15) is 0 Å². The summed E-state index contributed by atoms with van der Waals surface area (Å²) in [4.78, 5) is 0. The number of ether oxygens (including phenoxy) is 1. The molecule has 0 bridgehead atoms. The molecule has 0 aliphatic carbocycles. The first-order chi connectivity index (χ1) is 5.81. The summed E-state index contributed by atoms with van der Waals surface area (Å²) in [7, 11) is 0. The van der Waals surface area contributed by atoms with Gasteiger partial charge in [0, 0.05) is 13.2 Å². The van der Waals surface area contributed by atoms with Gasteiger partial charge in [0.15, 0.2) is 0 Å². The van der Waals surface area contributed by atoms with Crippen LogP contribution in [0.3, 0.4) is 0 Å². The molecule has 1 heteroatoms. The minimum absolute atomic E-state index is 0.750. The molecule has 0 radical (unpaired) electrons. The lowest BCUT2D eigenvalue weighted by Crippen LogP contribution is -2.05. The lowest BCUT2D eigenvalue weighted by Gasteiger charge is -2.09. The molecular formula is C11H26O. The third kappa shape index (κ3) is 12.6. The van der Waals surface area contributed by atoms with Crippen molar-refractivity contribution in [2.75, 3.05) is 13.2 Å². The summed E-state index contributed by atoms with van der Waals surface area (Å²) in [5.74, 6) is 0.750. The van der Waals surface area contributed by atoms with Crippen LogP contribution in [0.1, 0.15) is 53.9 Å². The van der Waals surface area contributed by atoms with Gasteiger partial charge in [-0.15, -0.1) is 0 Å². The van der Waals surface area contributed by atoms with Crippen molar-refractivity contribution < 1.29 is 4.74 Å². The predicted molar refractivity (Wildman–Crippen MR) is 56.5 cm³/mol. The second kappa shape index (κ2) is 13.5. The highest BCUT2D eigenvalue weighted by molar-refractivity contribution is 4.50.